The van der Waals surface area contributed by atoms with Gasteiger partial charge >= 0.3 is 0 Å². The van der Waals surface area contributed by atoms with Gasteiger partial charge in [0, 0.05) is 12.3 Å². The van der Waals surface area contributed by atoms with Gasteiger partial charge < -0.3 is 4.84 Å². The van der Waals surface area contributed by atoms with E-state index in [0.29, 0.717) is 17.1 Å². The van der Waals surface area contributed by atoms with Crippen molar-refractivity contribution >= 4 is 11.5 Å². The molecule has 0 spiro atoms. The average molecular weight is 344 g/mol. The van der Waals surface area contributed by atoms with E-state index in [9.17, 15) is 4.79 Å². The minimum absolute atomic E-state index is 0.284. The van der Waals surface area contributed by atoms with Gasteiger partial charge in [0.2, 0.25) is 0 Å². The fraction of sp³-hybridized carbons (Fsp3) is 0.818. The van der Waals surface area contributed by atoms with Crippen molar-refractivity contribution in [3.8, 4) is 0 Å². The second kappa shape index (κ2) is 5.96. The number of carbonyl (C=O) groups excluding carboxylic acids is 1. The predicted octanol–water partition coefficient (Wildman–Crippen LogP) is 5.16. The Bertz CT molecular complexity index is 636. The van der Waals surface area contributed by atoms with Crippen LogP contribution in [0, 0.1) is 34.5 Å². The van der Waals surface area contributed by atoms with E-state index < -0.39 is 0 Å². The lowest BCUT2D eigenvalue weighted by molar-refractivity contribution is -0.117. The van der Waals surface area contributed by atoms with Gasteiger partial charge in [-0.15, -0.1) is 0 Å². The van der Waals surface area contributed by atoms with E-state index in [-0.39, 0.29) is 5.41 Å². The summed E-state index contributed by atoms with van der Waals surface area (Å²) in [5, 5.41) is 4.30. The molecule has 0 unspecified atom stereocenters. The Balaban J connectivity index is 1.64. The number of oxime groups is 1. The van der Waals surface area contributed by atoms with Crippen LogP contribution >= 0.6 is 0 Å². The molecule has 138 valence electrons. The van der Waals surface area contributed by atoms with Crippen LogP contribution in [0.5, 0.6) is 0 Å². The molecule has 4 aliphatic carbocycles. The smallest absolute Gasteiger partial charge is 0.155 e. The maximum atomic E-state index is 11.9. The first-order chi connectivity index (χ1) is 11.9. The zero-order valence-electron chi connectivity index (χ0n) is 16.3. The van der Waals surface area contributed by atoms with E-state index >= 15 is 0 Å². The number of rotatable bonds is 2. The lowest BCUT2D eigenvalue weighted by Gasteiger charge is -2.58. The normalized spacial score (nSPS) is 46.8. The topological polar surface area (TPSA) is 38.7 Å². The quantitative estimate of drug-likeness (QED) is 0.513. The van der Waals surface area contributed by atoms with Crippen molar-refractivity contribution in [1.82, 2.24) is 0 Å². The summed E-state index contributed by atoms with van der Waals surface area (Å²) in [6.45, 7) is 7.15. The predicted molar refractivity (Wildman–Crippen MR) is 100 cm³/mol. The number of carbonyl (C=O) groups is 1. The molecule has 3 fully saturated rings. The minimum atomic E-state index is 0.284. The molecule has 0 aromatic carbocycles. The third kappa shape index (κ3) is 2.44. The molecule has 4 rings (SSSR count). The summed E-state index contributed by atoms with van der Waals surface area (Å²) in [7, 11) is 1.66. The van der Waals surface area contributed by atoms with E-state index in [0.717, 1.165) is 37.0 Å². The molecule has 3 heteroatoms. The highest BCUT2D eigenvalue weighted by Gasteiger charge is 2.59. The summed E-state index contributed by atoms with van der Waals surface area (Å²) in [6, 6.07) is 0. The first-order valence-corrected chi connectivity index (χ1v) is 10.2. The molecule has 0 saturated heterocycles. The van der Waals surface area contributed by atoms with E-state index in [1.165, 1.54) is 43.4 Å². The number of allylic oxidation sites excluding steroid dienone is 1. The zero-order valence-corrected chi connectivity index (χ0v) is 16.3. The van der Waals surface area contributed by atoms with Crippen molar-refractivity contribution in [2.45, 2.75) is 72.1 Å². The summed E-state index contributed by atoms with van der Waals surface area (Å²) in [6.07, 6.45) is 11.5. The second-order valence-corrected chi connectivity index (χ2v) is 9.56. The van der Waals surface area contributed by atoms with E-state index in [2.05, 4.69) is 25.9 Å². The molecule has 0 amide bonds. The fourth-order valence-electron chi connectivity index (χ4n) is 7.45. The third-order valence-corrected chi connectivity index (χ3v) is 8.70. The monoisotopic (exact) mass is 343 g/mol. The Morgan fingerprint density at radius 2 is 1.92 bits per heavy atom. The summed E-state index contributed by atoms with van der Waals surface area (Å²) in [5.41, 5.74) is 3.33. The highest BCUT2D eigenvalue weighted by Crippen LogP contribution is 2.66. The van der Waals surface area contributed by atoms with Crippen LogP contribution in [0.3, 0.4) is 0 Å². The summed E-state index contributed by atoms with van der Waals surface area (Å²) < 4.78 is 0. The number of hydrogen-bond acceptors (Lipinski definition) is 3. The lowest BCUT2D eigenvalue weighted by Crippen LogP contribution is -2.51. The first-order valence-electron chi connectivity index (χ1n) is 10.2. The number of hydrogen-bond donors (Lipinski definition) is 0. The molecule has 0 bridgehead atoms. The van der Waals surface area contributed by atoms with Crippen molar-refractivity contribution in [2.75, 3.05) is 7.11 Å². The molecule has 0 aliphatic heterocycles. The van der Waals surface area contributed by atoms with Crippen molar-refractivity contribution in [2.24, 2.45) is 39.7 Å². The fourth-order valence-corrected chi connectivity index (χ4v) is 7.45. The van der Waals surface area contributed by atoms with E-state index in [1.54, 1.807) is 7.11 Å². The van der Waals surface area contributed by atoms with Crippen LogP contribution < -0.4 is 0 Å². The average Bonchev–Trinajstić information content (AvgIpc) is 2.93. The van der Waals surface area contributed by atoms with Gasteiger partial charge in [0.05, 0.1) is 5.71 Å². The molecule has 0 heterocycles. The SMILES string of the molecule is CON=C(C)[C@H]1CC[C@H]2[C@@H]3CCC4=CC(=O)CC[C@]4(C)[C@H]3CC[C@]12C. The highest BCUT2D eigenvalue weighted by molar-refractivity contribution is 5.91. The molecule has 0 aromatic rings. The molecule has 3 saturated carbocycles. The van der Waals surface area contributed by atoms with Crippen LogP contribution in [0.1, 0.15) is 72.1 Å². The summed E-state index contributed by atoms with van der Waals surface area (Å²) in [5.74, 6) is 3.36. The van der Waals surface area contributed by atoms with Gasteiger partial charge in [-0.05, 0) is 86.5 Å². The Kier molecular flexibility index (Phi) is 4.12. The number of nitrogens with zero attached hydrogens (tertiary/aromatic N) is 1. The van der Waals surface area contributed by atoms with E-state index in [4.69, 9.17) is 4.84 Å². The molecular weight excluding hydrogens is 310 g/mol. The molecule has 6 atom stereocenters. The number of fused-ring (bicyclic) bond motifs is 5. The van der Waals surface area contributed by atoms with Crippen LogP contribution in [0.2, 0.25) is 0 Å². The van der Waals surface area contributed by atoms with Crippen molar-refractivity contribution in [1.29, 1.82) is 0 Å². The third-order valence-electron chi connectivity index (χ3n) is 8.70. The second-order valence-electron chi connectivity index (χ2n) is 9.56. The van der Waals surface area contributed by atoms with Crippen LogP contribution in [0.4, 0.5) is 0 Å². The Hall–Kier alpha value is -1.12. The lowest BCUT2D eigenvalue weighted by atomic mass is 9.46. The van der Waals surface area contributed by atoms with Gasteiger partial charge in [0.25, 0.3) is 0 Å². The molecule has 0 aromatic heterocycles. The highest BCUT2D eigenvalue weighted by atomic mass is 16.6. The van der Waals surface area contributed by atoms with Gasteiger partial charge in [-0.25, -0.2) is 0 Å². The standard InChI is InChI=1S/C22H33NO2/c1-14(23-25-4)18-7-8-19-17-6-5-15-13-16(24)9-11-21(15,2)20(17)10-12-22(18,19)3/h13,17-20H,5-12H2,1-4H3/t17-,18+,19-,20-,21-,22+/m0/s1. The van der Waals surface area contributed by atoms with Crippen LogP contribution in [0.15, 0.2) is 16.8 Å². The van der Waals surface area contributed by atoms with E-state index in [1.807, 2.05) is 6.08 Å². The molecule has 4 aliphatic rings. The molecular formula is C22H33NO2. The number of ketones is 1. The van der Waals surface area contributed by atoms with Gasteiger partial charge in [0.15, 0.2) is 5.78 Å². The molecule has 0 N–H and O–H groups in total. The first kappa shape index (κ1) is 17.3. The maximum absolute atomic E-state index is 11.9. The van der Waals surface area contributed by atoms with Gasteiger partial charge in [0.1, 0.15) is 7.11 Å². The minimum Gasteiger partial charge on any atom is -0.399 e. The van der Waals surface area contributed by atoms with Crippen molar-refractivity contribution in [3.63, 3.8) is 0 Å². The maximum Gasteiger partial charge on any atom is 0.155 e. The Labute approximate surface area is 152 Å². The van der Waals surface area contributed by atoms with Gasteiger partial charge in [-0.1, -0.05) is 24.6 Å². The molecule has 0 radical (unpaired) electrons. The largest absolute Gasteiger partial charge is 0.399 e. The Morgan fingerprint density at radius 3 is 2.68 bits per heavy atom. The molecule has 25 heavy (non-hydrogen) atoms. The van der Waals surface area contributed by atoms with Gasteiger partial charge in [-0.3, -0.25) is 4.79 Å². The zero-order chi connectivity index (χ0) is 17.8. The summed E-state index contributed by atoms with van der Waals surface area (Å²) in [4.78, 5) is 17.0. The van der Waals surface area contributed by atoms with Crippen LogP contribution in [-0.2, 0) is 9.63 Å². The molecule has 3 nitrogen and oxygen atoms in total. The van der Waals surface area contributed by atoms with Crippen LogP contribution in [0.25, 0.3) is 0 Å². The van der Waals surface area contributed by atoms with Gasteiger partial charge in [-0.2, -0.15) is 0 Å². The summed E-state index contributed by atoms with van der Waals surface area (Å²) >= 11 is 0. The van der Waals surface area contributed by atoms with Crippen molar-refractivity contribution < 1.29 is 9.63 Å². The van der Waals surface area contributed by atoms with Crippen molar-refractivity contribution in [3.05, 3.63) is 11.6 Å². The van der Waals surface area contributed by atoms with Crippen LogP contribution in [-0.4, -0.2) is 18.6 Å². The Morgan fingerprint density at radius 1 is 1.12 bits per heavy atom.